The van der Waals surface area contributed by atoms with Crippen LogP contribution in [0.3, 0.4) is 0 Å². The van der Waals surface area contributed by atoms with E-state index in [1.165, 1.54) is 0 Å². The molecule has 3 nitrogen and oxygen atoms in total. The number of rotatable bonds is 1. The minimum atomic E-state index is -0.933. The molecule has 0 fully saturated rings. The van der Waals surface area contributed by atoms with E-state index in [0.29, 0.717) is 5.15 Å². The molecule has 0 bridgehead atoms. The third-order valence-corrected chi connectivity index (χ3v) is 3.15. The normalized spacial score (nSPS) is 10.5. The highest BCUT2D eigenvalue weighted by Gasteiger charge is 2.10. The van der Waals surface area contributed by atoms with Crippen molar-refractivity contribution >= 4 is 39.0 Å². The van der Waals surface area contributed by atoms with Crippen LogP contribution in [0.15, 0.2) is 18.3 Å². The molecule has 13 heavy (non-hydrogen) atoms. The summed E-state index contributed by atoms with van der Waals surface area (Å²) in [5.41, 5.74) is 0. The van der Waals surface area contributed by atoms with Gasteiger partial charge < -0.3 is 5.11 Å². The lowest BCUT2D eigenvalue weighted by Crippen LogP contribution is -1.89. The van der Waals surface area contributed by atoms with Crippen molar-refractivity contribution in [3.8, 4) is 0 Å². The van der Waals surface area contributed by atoms with Crippen LogP contribution in [0.1, 0.15) is 9.67 Å². The highest BCUT2D eigenvalue weighted by Crippen LogP contribution is 2.29. The maximum absolute atomic E-state index is 10.6. The molecule has 0 unspecified atom stereocenters. The maximum Gasteiger partial charge on any atom is 0.345 e. The number of aromatic nitrogens is 1. The van der Waals surface area contributed by atoms with Gasteiger partial charge in [0.05, 0.1) is 4.70 Å². The van der Waals surface area contributed by atoms with Crippen molar-refractivity contribution in [2.75, 3.05) is 0 Å². The van der Waals surface area contributed by atoms with Gasteiger partial charge in [-0.15, -0.1) is 11.3 Å². The van der Waals surface area contributed by atoms with Gasteiger partial charge in [0.1, 0.15) is 10.0 Å². The molecule has 0 spiro atoms. The minimum Gasteiger partial charge on any atom is -0.477 e. The standard InChI is InChI=1S/C8H4ClNO2S/c9-7-6-4(1-2-10-7)3-5(13-6)8(11)12/h1-3H,(H,11,12). The first kappa shape index (κ1) is 8.47. The number of pyridine rings is 1. The van der Waals surface area contributed by atoms with E-state index in [1.807, 2.05) is 0 Å². The molecule has 2 rings (SSSR count). The highest BCUT2D eigenvalue weighted by atomic mass is 35.5. The number of fused-ring (bicyclic) bond motifs is 1. The molecular formula is C8H4ClNO2S. The van der Waals surface area contributed by atoms with Crippen molar-refractivity contribution in [3.63, 3.8) is 0 Å². The van der Waals surface area contributed by atoms with Crippen molar-refractivity contribution < 1.29 is 9.90 Å². The molecule has 0 aliphatic carbocycles. The molecular weight excluding hydrogens is 210 g/mol. The van der Waals surface area contributed by atoms with Crippen LogP contribution in [0.5, 0.6) is 0 Å². The second-order valence-electron chi connectivity index (χ2n) is 2.44. The fraction of sp³-hybridized carbons (Fsp3) is 0. The number of hydrogen-bond acceptors (Lipinski definition) is 3. The third-order valence-electron chi connectivity index (χ3n) is 1.60. The summed E-state index contributed by atoms with van der Waals surface area (Å²) >= 11 is 6.92. The zero-order valence-electron chi connectivity index (χ0n) is 6.32. The Bertz CT molecular complexity index is 480. The quantitative estimate of drug-likeness (QED) is 0.741. The molecule has 5 heteroatoms. The van der Waals surface area contributed by atoms with Crippen molar-refractivity contribution in [3.05, 3.63) is 28.4 Å². The Kier molecular flexibility index (Phi) is 1.94. The van der Waals surface area contributed by atoms with Gasteiger partial charge in [-0.05, 0) is 17.5 Å². The summed E-state index contributed by atoms with van der Waals surface area (Å²) in [7, 11) is 0. The molecule has 0 atom stereocenters. The van der Waals surface area contributed by atoms with Gasteiger partial charge in [-0.2, -0.15) is 0 Å². The summed E-state index contributed by atoms with van der Waals surface area (Å²) in [5, 5.41) is 9.90. The van der Waals surface area contributed by atoms with Crippen molar-refractivity contribution in [1.29, 1.82) is 0 Å². The molecule has 0 amide bonds. The lowest BCUT2D eigenvalue weighted by molar-refractivity contribution is 0.0702. The number of carbonyl (C=O) groups is 1. The topological polar surface area (TPSA) is 50.2 Å². The number of halogens is 1. The van der Waals surface area contributed by atoms with Crippen LogP contribution in [0.25, 0.3) is 10.1 Å². The zero-order valence-corrected chi connectivity index (χ0v) is 7.89. The van der Waals surface area contributed by atoms with Crippen molar-refractivity contribution in [2.45, 2.75) is 0 Å². The molecule has 2 aromatic heterocycles. The second-order valence-corrected chi connectivity index (χ2v) is 3.85. The number of hydrogen-bond donors (Lipinski definition) is 1. The van der Waals surface area contributed by atoms with E-state index in [-0.39, 0.29) is 4.88 Å². The van der Waals surface area contributed by atoms with Crippen LogP contribution < -0.4 is 0 Å². The van der Waals surface area contributed by atoms with Gasteiger partial charge in [0, 0.05) is 6.20 Å². The van der Waals surface area contributed by atoms with Gasteiger partial charge in [-0.3, -0.25) is 0 Å². The minimum absolute atomic E-state index is 0.282. The van der Waals surface area contributed by atoms with E-state index in [9.17, 15) is 4.79 Å². The Balaban J connectivity index is 2.75. The van der Waals surface area contributed by atoms with Crippen molar-refractivity contribution in [1.82, 2.24) is 4.98 Å². The Labute approximate surface area is 82.6 Å². The maximum atomic E-state index is 10.6. The Morgan fingerprint density at radius 3 is 3.00 bits per heavy atom. The monoisotopic (exact) mass is 213 g/mol. The predicted molar refractivity (Wildman–Crippen MR) is 51.6 cm³/mol. The number of thiophene rings is 1. The molecule has 2 aromatic rings. The van der Waals surface area contributed by atoms with E-state index < -0.39 is 5.97 Å². The fourth-order valence-electron chi connectivity index (χ4n) is 1.04. The van der Waals surface area contributed by atoms with Gasteiger partial charge in [-0.25, -0.2) is 9.78 Å². The van der Waals surface area contributed by atoms with Gasteiger partial charge >= 0.3 is 5.97 Å². The molecule has 0 aliphatic heterocycles. The van der Waals surface area contributed by atoms with Gasteiger partial charge in [0.25, 0.3) is 0 Å². The number of aromatic carboxylic acids is 1. The summed E-state index contributed by atoms with van der Waals surface area (Å²) in [4.78, 5) is 14.8. The molecule has 1 N–H and O–H groups in total. The molecule has 0 saturated carbocycles. The molecule has 0 aromatic carbocycles. The fourth-order valence-corrected chi connectivity index (χ4v) is 2.19. The van der Waals surface area contributed by atoms with Crippen LogP contribution in [0, 0.1) is 0 Å². The van der Waals surface area contributed by atoms with Crippen molar-refractivity contribution in [2.24, 2.45) is 0 Å². The van der Waals surface area contributed by atoms with E-state index in [4.69, 9.17) is 16.7 Å². The Hall–Kier alpha value is -1.13. The van der Waals surface area contributed by atoms with Gasteiger partial charge in [-0.1, -0.05) is 11.6 Å². The largest absolute Gasteiger partial charge is 0.477 e. The highest BCUT2D eigenvalue weighted by molar-refractivity contribution is 7.21. The third kappa shape index (κ3) is 1.38. The van der Waals surface area contributed by atoms with E-state index >= 15 is 0 Å². The molecule has 0 aliphatic rings. The lowest BCUT2D eigenvalue weighted by Gasteiger charge is -1.88. The van der Waals surface area contributed by atoms with E-state index in [0.717, 1.165) is 21.4 Å². The van der Waals surface area contributed by atoms with E-state index in [1.54, 1.807) is 18.3 Å². The molecule has 66 valence electrons. The number of nitrogens with zero attached hydrogens (tertiary/aromatic N) is 1. The van der Waals surface area contributed by atoms with Gasteiger partial charge in [0.2, 0.25) is 0 Å². The Morgan fingerprint density at radius 1 is 1.62 bits per heavy atom. The number of carboxylic acid groups (broad SMARTS) is 1. The first-order valence-corrected chi connectivity index (χ1v) is 4.65. The molecule has 0 saturated heterocycles. The van der Waals surface area contributed by atoms with Gasteiger partial charge in [0.15, 0.2) is 0 Å². The smallest absolute Gasteiger partial charge is 0.345 e. The number of carboxylic acids is 1. The van der Waals surface area contributed by atoms with Crippen LogP contribution in [-0.4, -0.2) is 16.1 Å². The summed E-state index contributed by atoms with van der Waals surface area (Å²) in [6.45, 7) is 0. The average molecular weight is 214 g/mol. The summed E-state index contributed by atoms with van der Waals surface area (Å²) in [6, 6.07) is 3.33. The Morgan fingerprint density at radius 2 is 2.38 bits per heavy atom. The van der Waals surface area contributed by atoms with E-state index in [2.05, 4.69) is 4.98 Å². The summed E-state index contributed by atoms with van der Waals surface area (Å²) < 4.78 is 0.724. The zero-order chi connectivity index (χ0) is 9.42. The summed E-state index contributed by atoms with van der Waals surface area (Å²) in [6.07, 6.45) is 1.56. The molecule has 0 radical (unpaired) electrons. The summed E-state index contributed by atoms with van der Waals surface area (Å²) in [5.74, 6) is -0.933. The van der Waals surface area contributed by atoms with Crippen LogP contribution in [0.2, 0.25) is 5.15 Å². The second kappa shape index (κ2) is 2.97. The average Bonchev–Trinajstić information content (AvgIpc) is 2.49. The lowest BCUT2D eigenvalue weighted by atomic mass is 10.3. The first-order chi connectivity index (χ1) is 6.18. The SMILES string of the molecule is O=C(O)c1cc2ccnc(Cl)c2s1. The van der Waals surface area contributed by atoms with Crippen LogP contribution in [0.4, 0.5) is 0 Å². The predicted octanol–water partition coefficient (Wildman–Crippen LogP) is 2.65. The van der Waals surface area contributed by atoms with Crippen LogP contribution in [-0.2, 0) is 0 Å². The molecule has 2 heterocycles. The first-order valence-electron chi connectivity index (χ1n) is 3.46. The van der Waals surface area contributed by atoms with Crippen LogP contribution >= 0.6 is 22.9 Å².